The molecule has 7 heteroatoms. The molecule has 6 nitrogen and oxygen atoms in total. The van der Waals surface area contributed by atoms with Gasteiger partial charge in [0.1, 0.15) is 0 Å². The minimum absolute atomic E-state index is 0.203. The number of rotatable bonds is 7. The van der Waals surface area contributed by atoms with E-state index >= 15 is 0 Å². The van der Waals surface area contributed by atoms with E-state index in [2.05, 4.69) is 27.2 Å². The first kappa shape index (κ1) is 13.1. The molecule has 2 aliphatic rings. The first-order valence-corrected chi connectivity index (χ1v) is 8.30. The number of hydrogen-bond donors (Lipinski definition) is 3. The van der Waals surface area contributed by atoms with Gasteiger partial charge in [0.15, 0.2) is 5.03 Å². The molecular weight excluding hydrogens is 264 g/mol. The van der Waals surface area contributed by atoms with Gasteiger partial charge in [-0.3, -0.25) is 5.10 Å². The minimum Gasteiger partial charge on any atom is -0.310 e. The molecule has 0 aromatic carbocycles. The highest BCUT2D eigenvalue weighted by atomic mass is 32.2. The molecule has 106 valence electrons. The molecule has 0 saturated heterocycles. The Kier molecular flexibility index (Phi) is 3.36. The Bertz CT molecular complexity index is 550. The molecule has 2 unspecified atom stereocenters. The molecule has 0 radical (unpaired) electrons. The van der Waals surface area contributed by atoms with Crippen LogP contribution in [-0.2, 0) is 16.6 Å². The minimum atomic E-state index is -3.46. The van der Waals surface area contributed by atoms with Crippen LogP contribution in [0.25, 0.3) is 0 Å². The standard InChI is InChI=1S/C12H20N4O2S/c1-8-4-9(8)7-15-19(17,18)12-10(6-14-16-12)5-13-11-2-3-11/h6,8-9,11,13,15H,2-5,7H2,1H3,(H,14,16). The lowest BCUT2D eigenvalue weighted by Crippen LogP contribution is -2.28. The van der Waals surface area contributed by atoms with Gasteiger partial charge in [-0.1, -0.05) is 6.92 Å². The molecule has 2 saturated carbocycles. The van der Waals surface area contributed by atoms with Crippen LogP contribution in [0, 0.1) is 11.8 Å². The second-order valence-corrected chi connectivity index (χ2v) is 7.41. The van der Waals surface area contributed by atoms with E-state index in [0.717, 1.165) is 6.42 Å². The zero-order valence-corrected chi connectivity index (χ0v) is 11.8. The van der Waals surface area contributed by atoms with E-state index in [4.69, 9.17) is 0 Å². The molecule has 2 atom stereocenters. The lowest BCUT2D eigenvalue weighted by molar-refractivity contribution is 0.567. The second kappa shape index (κ2) is 4.88. The number of hydrogen-bond acceptors (Lipinski definition) is 4. The van der Waals surface area contributed by atoms with Crippen molar-refractivity contribution in [2.75, 3.05) is 6.54 Å². The summed E-state index contributed by atoms with van der Waals surface area (Å²) in [7, 11) is -3.46. The van der Waals surface area contributed by atoms with E-state index in [0.29, 0.717) is 36.5 Å². The molecule has 2 fully saturated rings. The van der Waals surface area contributed by atoms with Crippen LogP contribution in [0.1, 0.15) is 31.7 Å². The Morgan fingerprint density at radius 1 is 1.47 bits per heavy atom. The summed E-state index contributed by atoms with van der Waals surface area (Å²) in [5, 5.41) is 9.97. The topological polar surface area (TPSA) is 86.9 Å². The molecule has 0 bridgehead atoms. The van der Waals surface area contributed by atoms with Gasteiger partial charge in [0.2, 0.25) is 0 Å². The summed E-state index contributed by atoms with van der Waals surface area (Å²) < 4.78 is 27.1. The molecule has 3 N–H and O–H groups in total. The molecule has 2 aliphatic carbocycles. The Morgan fingerprint density at radius 2 is 2.21 bits per heavy atom. The summed E-state index contributed by atoms with van der Waals surface area (Å²) in [5.41, 5.74) is 0.711. The lowest BCUT2D eigenvalue weighted by atomic mass is 10.3. The maximum atomic E-state index is 12.2. The summed E-state index contributed by atoms with van der Waals surface area (Å²) in [5.74, 6) is 1.13. The smallest absolute Gasteiger partial charge is 0.257 e. The van der Waals surface area contributed by atoms with Crippen LogP contribution in [0.2, 0.25) is 0 Å². The van der Waals surface area contributed by atoms with Crippen molar-refractivity contribution in [1.29, 1.82) is 0 Å². The predicted octanol–water partition coefficient (Wildman–Crippen LogP) is 0.596. The van der Waals surface area contributed by atoms with Crippen molar-refractivity contribution >= 4 is 10.0 Å². The summed E-state index contributed by atoms with van der Waals surface area (Å²) in [6.45, 7) is 3.22. The Hall–Kier alpha value is -0.920. The lowest BCUT2D eigenvalue weighted by Gasteiger charge is -2.07. The third kappa shape index (κ3) is 3.16. The van der Waals surface area contributed by atoms with Crippen LogP contribution in [0.5, 0.6) is 0 Å². The van der Waals surface area contributed by atoms with E-state index in [1.807, 2.05) is 0 Å². The van der Waals surface area contributed by atoms with Gasteiger partial charge in [-0.25, -0.2) is 13.1 Å². The molecule has 3 rings (SSSR count). The maximum Gasteiger partial charge on any atom is 0.257 e. The van der Waals surface area contributed by atoms with E-state index in [9.17, 15) is 8.42 Å². The van der Waals surface area contributed by atoms with Crippen molar-refractivity contribution in [3.8, 4) is 0 Å². The van der Waals surface area contributed by atoms with Crippen LogP contribution >= 0.6 is 0 Å². The van der Waals surface area contributed by atoms with Crippen LogP contribution in [0.15, 0.2) is 11.2 Å². The van der Waals surface area contributed by atoms with Crippen molar-refractivity contribution in [2.45, 2.75) is 43.8 Å². The summed E-state index contributed by atoms with van der Waals surface area (Å²) in [6.07, 6.45) is 5.06. The highest BCUT2D eigenvalue weighted by Crippen LogP contribution is 2.37. The molecule has 19 heavy (non-hydrogen) atoms. The highest BCUT2D eigenvalue weighted by Gasteiger charge is 2.34. The van der Waals surface area contributed by atoms with Crippen LogP contribution in [-0.4, -0.2) is 31.2 Å². The van der Waals surface area contributed by atoms with Gasteiger partial charge in [-0.15, -0.1) is 0 Å². The van der Waals surface area contributed by atoms with Crippen LogP contribution in [0.3, 0.4) is 0 Å². The van der Waals surface area contributed by atoms with Crippen molar-refractivity contribution in [3.63, 3.8) is 0 Å². The molecule has 0 amide bonds. The molecule has 1 heterocycles. The monoisotopic (exact) mass is 284 g/mol. The third-order valence-corrected chi connectivity index (χ3v) is 5.35. The molecule has 1 aromatic heterocycles. The summed E-state index contributed by atoms with van der Waals surface area (Å²) in [4.78, 5) is 0. The first-order chi connectivity index (χ1) is 9.06. The number of nitrogens with zero attached hydrogens (tertiary/aromatic N) is 1. The molecule has 1 aromatic rings. The number of aromatic nitrogens is 2. The number of nitrogens with one attached hydrogen (secondary N) is 3. The normalized spacial score (nSPS) is 26.6. The zero-order chi connectivity index (χ0) is 13.5. The first-order valence-electron chi connectivity index (χ1n) is 6.81. The largest absolute Gasteiger partial charge is 0.310 e. The van der Waals surface area contributed by atoms with Crippen molar-refractivity contribution in [1.82, 2.24) is 20.2 Å². The maximum absolute atomic E-state index is 12.2. The highest BCUT2D eigenvalue weighted by molar-refractivity contribution is 7.89. The SMILES string of the molecule is CC1CC1CNS(=O)(=O)c1[nH]ncc1CNC1CC1. The average molecular weight is 284 g/mol. The van der Waals surface area contributed by atoms with Gasteiger partial charge < -0.3 is 5.32 Å². The number of H-pyrrole nitrogens is 1. The third-order valence-electron chi connectivity index (χ3n) is 3.92. The average Bonchev–Trinajstić information content (AvgIpc) is 3.26. The Morgan fingerprint density at radius 3 is 2.84 bits per heavy atom. The van der Waals surface area contributed by atoms with Crippen molar-refractivity contribution in [3.05, 3.63) is 11.8 Å². The van der Waals surface area contributed by atoms with Gasteiger partial charge in [0, 0.05) is 24.7 Å². The van der Waals surface area contributed by atoms with E-state index < -0.39 is 10.0 Å². The Labute approximate surface area is 113 Å². The van der Waals surface area contributed by atoms with Gasteiger partial charge in [0.05, 0.1) is 6.20 Å². The fourth-order valence-electron chi connectivity index (χ4n) is 2.17. The second-order valence-electron chi connectivity index (χ2n) is 5.70. The van der Waals surface area contributed by atoms with Crippen LogP contribution < -0.4 is 10.0 Å². The number of sulfonamides is 1. The molecule has 0 aliphatic heterocycles. The van der Waals surface area contributed by atoms with Gasteiger partial charge in [0.25, 0.3) is 10.0 Å². The Balaban J connectivity index is 1.63. The predicted molar refractivity (Wildman–Crippen MR) is 70.9 cm³/mol. The number of aromatic amines is 1. The van der Waals surface area contributed by atoms with E-state index in [1.165, 1.54) is 12.8 Å². The molecular formula is C12H20N4O2S. The summed E-state index contributed by atoms with van der Waals surface area (Å²) in [6, 6.07) is 0.547. The van der Waals surface area contributed by atoms with Gasteiger partial charge >= 0.3 is 0 Å². The molecule has 0 spiro atoms. The van der Waals surface area contributed by atoms with E-state index in [-0.39, 0.29) is 5.03 Å². The van der Waals surface area contributed by atoms with Crippen molar-refractivity contribution in [2.24, 2.45) is 11.8 Å². The fourth-order valence-corrected chi connectivity index (χ4v) is 3.39. The summed E-state index contributed by atoms with van der Waals surface area (Å²) >= 11 is 0. The van der Waals surface area contributed by atoms with Gasteiger partial charge in [-0.2, -0.15) is 5.10 Å². The quantitative estimate of drug-likeness (QED) is 0.684. The van der Waals surface area contributed by atoms with E-state index in [1.54, 1.807) is 6.20 Å². The fraction of sp³-hybridized carbons (Fsp3) is 0.750. The van der Waals surface area contributed by atoms with Crippen molar-refractivity contribution < 1.29 is 8.42 Å². The van der Waals surface area contributed by atoms with Crippen LogP contribution in [0.4, 0.5) is 0 Å². The van der Waals surface area contributed by atoms with Gasteiger partial charge in [-0.05, 0) is 31.1 Å². The zero-order valence-electron chi connectivity index (χ0n) is 11.0.